The number of ether oxygens (including phenoxy) is 3. The van der Waals surface area contributed by atoms with Gasteiger partial charge in [0.05, 0.1) is 30.4 Å². The molecule has 2 heterocycles. The highest BCUT2D eigenvalue weighted by molar-refractivity contribution is 7.14. The molecule has 0 aliphatic rings. The Morgan fingerprint density at radius 2 is 1.84 bits per heavy atom. The molecular formula is C22H22FN3O5S. The molecule has 0 radical (unpaired) electrons. The smallest absolute Gasteiger partial charge is 0.311 e. The number of aromatic nitrogens is 2. The molecule has 3 rings (SSSR count). The number of esters is 1. The highest BCUT2D eigenvalue weighted by atomic mass is 32.1. The van der Waals surface area contributed by atoms with E-state index in [0.717, 1.165) is 0 Å². The van der Waals surface area contributed by atoms with E-state index in [2.05, 4.69) is 15.3 Å². The van der Waals surface area contributed by atoms with Crippen molar-refractivity contribution in [3.05, 3.63) is 58.9 Å². The van der Waals surface area contributed by atoms with Crippen LogP contribution in [-0.4, -0.2) is 34.6 Å². The third kappa shape index (κ3) is 6.74. The molecule has 0 saturated heterocycles. The zero-order valence-corrected chi connectivity index (χ0v) is 18.6. The highest BCUT2D eigenvalue weighted by Crippen LogP contribution is 2.26. The van der Waals surface area contributed by atoms with Crippen LogP contribution in [0.5, 0.6) is 17.5 Å². The monoisotopic (exact) mass is 459 g/mol. The molecule has 3 aromatic rings. The van der Waals surface area contributed by atoms with Crippen LogP contribution in [-0.2, 0) is 16.0 Å². The highest BCUT2D eigenvalue weighted by Gasteiger charge is 2.16. The summed E-state index contributed by atoms with van der Waals surface area (Å²) in [6, 6.07) is 8.35. The van der Waals surface area contributed by atoms with E-state index in [1.165, 1.54) is 47.7 Å². The van der Waals surface area contributed by atoms with Crippen LogP contribution >= 0.6 is 11.3 Å². The third-order valence-electron chi connectivity index (χ3n) is 3.84. The lowest BCUT2D eigenvalue weighted by Gasteiger charge is -2.12. The van der Waals surface area contributed by atoms with Gasteiger partial charge in [-0.25, -0.2) is 9.37 Å². The van der Waals surface area contributed by atoms with Crippen molar-refractivity contribution < 1.29 is 28.2 Å². The van der Waals surface area contributed by atoms with Crippen LogP contribution in [0.3, 0.4) is 0 Å². The number of amides is 1. The first-order valence-corrected chi connectivity index (χ1v) is 10.7. The maximum absolute atomic E-state index is 13.1. The Kier molecular flexibility index (Phi) is 7.72. The number of carbonyl (C=O) groups is 2. The summed E-state index contributed by atoms with van der Waals surface area (Å²) in [5.74, 6) is -0.567. The van der Waals surface area contributed by atoms with Crippen LogP contribution in [0.1, 0.15) is 36.8 Å². The van der Waals surface area contributed by atoms with Gasteiger partial charge in [-0.15, -0.1) is 11.3 Å². The van der Waals surface area contributed by atoms with Crippen LogP contribution in [0.2, 0.25) is 0 Å². The molecule has 0 spiro atoms. The Hall–Kier alpha value is -3.53. The summed E-state index contributed by atoms with van der Waals surface area (Å²) in [6.45, 7) is 5.67. The van der Waals surface area contributed by atoms with Crippen LogP contribution in [0.25, 0.3) is 0 Å². The number of nitrogens with zero attached hydrogens (tertiary/aromatic N) is 2. The van der Waals surface area contributed by atoms with Crippen LogP contribution in [0.4, 0.5) is 9.52 Å². The fraction of sp³-hybridized carbons (Fsp3) is 0.273. The summed E-state index contributed by atoms with van der Waals surface area (Å²) in [7, 11) is 0. The van der Waals surface area contributed by atoms with Gasteiger partial charge in [-0.1, -0.05) is 0 Å². The van der Waals surface area contributed by atoms with E-state index in [4.69, 9.17) is 14.2 Å². The molecule has 0 unspecified atom stereocenters. The van der Waals surface area contributed by atoms with Gasteiger partial charge < -0.3 is 14.2 Å². The lowest BCUT2D eigenvalue weighted by molar-refractivity contribution is -0.142. The summed E-state index contributed by atoms with van der Waals surface area (Å²) < 4.78 is 29.3. The number of thiazole rings is 1. The Morgan fingerprint density at radius 3 is 2.53 bits per heavy atom. The van der Waals surface area contributed by atoms with E-state index in [1.807, 2.05) is 13.8 Å². The van der Waals surface area contributed by atoms with E-state index in [1.54, 1.807) is 12.3 Å². The number of hydrogen-bond acceptors (Lipinski definition) is 8. The van der Waals surface area contributed by atoms with Crippen molar-refractivity contribution in [3.8, 4) is 17.5 Å². The Bertz CT molecular complexity index is 1090. The average Bonchev–Trinajstić information content (AvgIpc) is 3.15. The second kappa shape index (κ2) is 10.7. The quantitative estimate of drug-likeness (QED) is 0.466. The number of anilines is 1. The molecule has 32 heavy (non-hydrogen) atoms. The van der Waals surface area contributed by atoms with Gasteiger partial charge in [0.2, 0.25) is 11.8 Å². The standard InChI is InChI=1S/C22H22FN3O5S/c1-4-29-20(27)11-16-12-32-22(24-16)26-21(28)14-9-18(30-13(2)3)25-19(10-14)31-17-7-5-15(23)6-8-17/h5-10,12-13H,4,11H2,1-3H3,(H,24,26,28). The van der Waals surface area contributed by atoms with Crippen molar-refractivity contribution in [2.24, 2.45) is 0 Å². The van der Waals surface area contributed by atoms with Crippen molar-refractivity contribution >= 4 is 28.3 Å². The number of nitrogens with one attached hydrogen (secondary N) is 1. The summed E-state index contributed by atoms with van der Waals surface area (Å²) in [5.41, 5.74) is 0.734. The SMILES string of the molecule is CCOC(=O)Cc1csc(NC(=O)c2cc(Oc3ccc(F)cc3)nc(OC(C)C)c2)n1. The second-order valence-electron chi connectivity index (χ2n) is 6.83. The number of hydrogen-bond donors (Lipinski definition) is 1. The van der Waals surface area contributed by atoms with Gasteiger partial charge in [-0.05, 0) is 45.0 Å². The van der Waals surface area contributed by atoms with Crippen LogP contribution in [0.15, 0.2) is 41.8 Å². The fourth-order valence-corrected chi connectivity index (χ4v) is 3.27. The molecule has 0 aliphatic heterocycles. The fourth-order valence-electron chi connectivity index (χ4n) is 2.56. The zero-order valence-electron chi connectivity index (χ0n) is 17.8. The number of rotatable bonds is 9. The molecule has 0 bridgehead atoms. The van der Waals surface area contributed by atoms with Crippen LogP contribution < -0.4 is 14.8 Å². The molecule has 1 aromatic carbocycles. The summed E-state index contributed by atoms with van der Waals surface area (Å²) in [4.78, 5) is 32.9. The van der Waals surface area contributed by atoms with Crippen molar-refractivity contribution in [2.75, 3.05) is 11.9 Å². The molecule has 0 atom stereocenters. The minimum atomic E-state index is -0.456. The van der Waals surface area contributed by atoms with Crippen molar-refractivity contribution in [2.45, 2.75) is 33.3 Å². The second-order valence-corrected chi connectivity index (χ2v) is 7.69. The number of carbonyl (C=O) groups excluding carboxylic acids is 2. The van der Waals surface area contributed by atoms with E-state index in [-0.39, 0.29) is 42.4 Å². The van der Waals surface area contributed by atoms with Crippen molar-refractivity contribution in [1.29, 1.82) is 0 Å². The Balaban J connectivity index is 1.77. The minimum absolute atomic E-state index is 0.0253. The molecule has 2 aromatic heterocycles. The van der Waals surface area contributed by atoms with Gasteiger partial charge in [0.15, 0.2) is 5.13 Å². The molecule has 0 saturated carbocycles. The maximum Gasteiger partial charge on any atom is 0.311 e. The van der Waals surface area contributed by atoms with E-state index < -0.39 is 11.7 Å². The molecule has 168 valence electrons. The molecule has 1 amide bonds. The van der Waals surface area contributed by atoms with Gasteiger partial charge in [0, 0.05) is 17.5 Å². The van der Waals surface area contributed by atoms with Crippen molar-refractivity contribution in [3.63, 3.8) is 0 Å². The predicted octanol–water partition coefficient (Wildman–Crippen LogP) is 4.61. The molecule has 10 heteroatoms. The van der Waals surface area contributed by atoms with Gasteiger partial charge in [-0.3, -0.25) is 14.9 Å². The Labute approximate surface area is 188 Å². The lowest BCUT2D eigenvalue weighted by Crippen LogP contribution is -2.14. The summed E-state index contributed by atoms with van der Waals surface area (Å²) in [5, 5.41) is 4.70. The summed E-state index contributed by atoms with van der Waals surface area (Å²) >= 11 is 1.19. The number of halogens is 1. The first kappa shape index (κ1) is 23.1. The number of benzene rings is 1. The molecule has 0 aliphatic carbocycles. The van der Waals surface area contributed by atoms with Gasteiger partial charge in [-0.2, -0.15) is 4.98 Å². The maximum atomic E-state index is 13.1. The Morgan fingerprint density at radius 1 is 1.12 bits per heavy atom. The number of pyridine rings is 1. The van der Waals surface area contributed by atoms with Crippen molar-refractivity contribution in [1.82, 2.24) is 9.97 Å². The minimum Gasteiger partial charge on any atom is -0.475 e. The van der Waals surface area contributed by atoms with Crippen LogP contribution in [0, 0.1) is 5.82 Å². The first-order valence-electron chi connectivity index (χ1n) is 9.86. The molecule has 1 N–H and O–H groups in total. The van der Waals surface area contributed by atoms with Gasteiger partial charge in [0.1, 0.15) is 11.6 Å². The topological polar surface area (TPSA) is 99.6 Å². The largest absolute Gasteiger partial charge is 0.475 e. The molecular weight excluding hydrogens is 437 g/mol. The lowest BCUT2D eigenvalue weighted by atomic mass is 10.2. The van der Waals surface area contributed by atoms with Gasteiger partial charge in [0.25, 0.3) is 5.91 Å². The third-order valence-corrected chi connectivity index (χ3v) is 4.64. The van der Waals surface area contributed by atoms with E-state index >= 15 is 0 Å². The zero-order chi connectivity index (χ0) is 23.1. The molecule has 8 nitrogen and oxygen atoms in total. The summed E-state index contributed by atoms with van der Waals surface area (Å²) in [6.07, 6.45) is -0.152. The molecule has 0 fully saturated rings. The normalized spacial score (nSPS) is 10.7. The van der Waals surface area contributed by atoms with E-state index in [0.29, 0.717) is 16.6 Å². The predicted molar refractivity (Wildman–Crippen MR) is 117 cm³/mol. The first-order chi connectivity index (χ1) is 15.3. The van der Waals surface area contributed by atoms with E-state index in [9.17, 15) is 14.0 Å². The van der Waals surface area contributed by atoms with Gasteiger partial charge >= 0.3 is 5.97 Å². The average molecular weight is 459 g/mol.